The topological polar surface area (TPSA) is 101 Å². The molecule has 7 nitrogen and oxygen atoms in total. The molecule has 0 fully saturated rings. The van der Waals surface area contributed by atoms with Gasteiger partial charge in [-0.05, 0) is 37.0 Å². The molecule has 0 aliphatic carbocycles. The van der Waals surface area contributed by atoms with E-state index in [0.717, 1.165) is 17.1 Å². The third-order valence-corrected chi connectivity index (χ3v) is 6.48. The van der Waals surface area contributed by atoms with E-state index in [2.05, 4.69) is 20.2 Å². The van der Waals surface area contributed by atoms with Crippen LogP contribution in [0.2, 0.25) is 0 Å². The largest absolute Gasteiger partial charge is 0.299 e. The number of nitrogens with zero attached hydrogens (tertiary/aromatic N) is 2. The highest BCUT2D eigenvalue weighted by atomic mass is 32.2. The lowest BCUT2D eigenvalue weighted by Gasteiger charge is -2.17. The summed E-state index contributed by atoms with van der Waals surface area (Å²) in [5.74, 6) is -0.882. The zero-order valence-electron chi connectivity index (χ0n) is 14.2. The zero-order chi connectivity index (χ0) is 19.2. The number of rotatable bonds is 9. The van der Waals surface area contributed by atoms with E-state index in [-0.39, 0.29) is 6.42 Å². The summed E-state index contributed by atoms with van der Waals surface area (Å²) in [6.07, 6.45) is 2.78. The SMILES string of the molecule is CCc1nnc(NC(=O)C(CCSC)NS(=O)(=O)c2ccccc2F)s1. The number of halogens is 1. The Hall–Kier alpha value is -1.56. The Balaban J connectivity index is 2.18. The molecule has 0 aliphatic rings. The summed E-state index contributed by atoms with van der Waals surface area (Å²) in [6, 6.07) is 3.97. The first-order valence-corrected chi connectivity index (χ1v) is 11.5. The lowest BCUT2D eigenvalue weighted by molar-refractivity contribution is -0.117. The number of thioether (sulfide) groups is 1. The fraction of sp³-hybridized carbons (Fsp3) is 0.400. The quantitative estimate of drug-likeness (QED) is 0.648. The second-order valence-electron chi connectivity index (χ2n) is 5.23. The molecule has 26 heavy (non-hydrogen) atoms. The van der Waals surface area contributed by atoms with E-state index >= 15 is 0 Å². The van der Waals surface area contributed by atoms with E-state index in [1.807, 2.05) is 13.2 Å². The fourth-order valence-corrected chi connectivity index (χ4v) is 4.49. The van der Waals surface area contributed by atoms with Crippen LogP contribution in [-0.4, -0.2) is 42.6 Å². The molecule has 1 amide bonds. The Bertz CT molecular complexity index is 857. The monoisotopic (exact) mass is 418 g/mol. The first-order chi connectivity index (χ1) is 12.4. The minimum atomic E-state index is -4.19. The van der Waals surface area contributed by atoms with Crippen LogP contribution >= 0.6 is 23.1 Å². The Morgan fingerprint density at radius 3 is 2.69 bits per heavy atom. The van der Waals surface area contributed by atoms with Gasteiger partial charge in [-0.3, -0.25) is 10.1 Å². The maximum atomic E-state index is 13.8. The number of sulfonamides is 1. The maximum Gasteiger partial charge on any atom is 0.244 e. The Morgan fingerprint density at radius 2 is 2.08 bits per heavy atom. The van der Waals surface area contributed by atoms with Crippen LogP contribution in [0.25, 0.3) is 0 Å². The average Bonchev–Trinajstić information content (AvgIpc) is 3.06. The number of carbonyl (C=O) groups excluding carboxylic acids is 1. The van der Waals surface area contributed by atoms with Gasteiger partial charge in [0.2, 0.25) is 21.1 Å². The van der Waals surface area contributed by atoms with Crippen LogP contribution in [0.15, 0.2) is 29.2 Å². The molecule has 2 rings (SSSR count). The molecule has 11 heteroatoms. The maximum absolute atomic E-state index is 13.8. The highest BCUT2D eigenvalue weighted by molar-refractivity contribution is 7.98. The Kier molecular flexibility index (Phi) is 7.50. The van der Waals surface area contributed by atoms with Crippen LogP contribution in [0.5, 0.6) is 0 Å². The molecule has 0 spiro atoms. The third-order valence-electron chi connectivity index (χ3n) is 3.35. The van der Waals surface area contributed by atoms with E-state index in [9.17, 15) is 17.6 Å². The highest BCUT2D eigenvalue weighted by Gasteiger charge is 2.28. The summed E-state index contributed by atoms with van der Waals surface area (Å²) in [5.41, 5.74) is 0. The van der Waals surface area contributed by atoms with Gasteiger partial charge in [0.05, 0.1) is 0 Å². The van der Waals surface area contributed by atoms with Crippen molar-refractivity contribution < 1.29 is 17.6 Å². The predicted octanol–water partition coefficient (Wildman–Crippen LogP) is 2.28. The smallest absolute Gasteiger partial charge is 0.244 e. The van der Waals surface area contributed by atoms with Crippen LogP contribution in [0.4, 0.5) is 9.52 Å². The number of aryl methyl sites for hydroxylation is 1. The van der Waals surface area contributed by atoms with Crippen molar-refractivity contribution in [3.8, 4) is 0 Å². The zero-order valence-corrected chi connectivity index (χ0v) is 16.7. The van der Waals surface area contributed by atoms with Gasteiger partial charge >= 0.3 is 0 Å². The van der Waals surface area contributed by atoms with Crippen LogP contribution in [-0.2, 0) is 21.2 Å². The molecule has 0 bridgehead atoms. The Labute approximate surface area is 159 Å². The van der Waals surface area contributed by atoms with Gasteiger partial charge in [-0.2, -0.15) is 16.5 Å². The molecule has 0 saturated carbocycles. The molecular formula is C15H19FN4O3S3. The van der Waals surface area contributed by atoms with Gasteiger partial charge in [0, 0.05) is 0 Å². The van der Waals surface area contributed by atoms with Crippen LogP contribution < -0.4 is 10.0 Å². The minimum Gasteiger partial charge on any atom is -0.299 e. The van der Waals surface area contributed by atoms with E-state index in [1.165, 1.54) is 35.2 Å². The molecule has 1 unspecified atom stereocenters. The standard InChI is InChI=1S/C15H19FN4O3S3/c1-3-13-18-19-15(25-13)17-14(21)11(8-9-24-2)20-26(22,23)12-7-5-4-6-10(12)16/h4-7,11,20H,3,8-9H2,1-2H3,(H,17,19,21). The molecule has 0 radical (unpaired) electrons. The number of hydrogen-bond donors (Lipinski definition) is 2. The van der Waals surface area contributed by atoms with Crippen molar-refractivity contribution >= 4 is 44.2 Å². The van der Waals surface area contributed by atoms with E-state index < -0.39 is 32.7 Å². The molecular weight excluding hydrogens is 399 g/mol. The van der Waals surface area contributed by atoms with Crippen molar-refractivity contribution in [2.45, 2.75) is 30.7 Å². The lowest BCUT2D eigenvalue weighted by atomic mass is 10.2. The van der Waals surface area contributed by atoms with E-state index in [0.29, 0.717) is 17.3 Å². The minimum absolute atomic E-state index is 0.250. The summed E-state index contributed by atoms with van der Waals surface area (Å²) >= 11 is 2.69. The first kappa shape index (κ1) is 20.7. The third kappa shape index (κ3) is 5.47. The number of nitrogens with one attached hydrogen (secondary N) is 2. The molecule has 142 valence electrons. The summed E-state index contributed by atoms with van der Waals surface area (Å²) in [7, 11) is -4.19. The van der Waals surface area contributed by atoms with E-state index in [4.69, 9.17) is 0 Å². The molecule has 1 heterocycles. The molecule has 0 aliphatic heterocycles. The van der Waals surface area contributed by atoms with Gasteiger partial charge < -0.3 is 0 Å². The summed E-state index contributed by atoms with van der Waals surface area (Å²) < 4.78 is 41.1. The van der Waals surface area contributed by atoms with Gasteiger partial charge in [-0.25, -0.2) is 12.8 Å². The van der Waals surface area contributed by atoms with Gasteiger partial charge in [0.15, 0.2) is 0 Å². The summed E-state index contributed by atoms with van der Waals surface area (Å²) in [6.45, 7) is 1.91. The van der Waals surface area contributed by atoms with Crippen molar-refractivity contribution in [2.75, 3.05) is 17.3 Å². The second-order valence-corrected chi connectivity index (χ2v) is 8.96. The number of amides is 1. The van der Waals surface area contributed by atoms with Gasteiger partial charge in [-0.1, -0.05) is 30.4 Å². The van der Waals surface area contributed by atoms with Crippen molar-refractivity contribution in [1.29, 1.82) is 0 Å². The number of anilines is 1. The molecule has 0 saturated heterocycles. The molecule has 2 N–H and O–H groups in total. The number of benzene rings is 1. The normalized spacial score (nSPS) is 12.7. The fourth-order valence-electron chi connectivity index (χ4n) is 2.03. The van der Waals surface area contributed by atoms with Crippen LogP contribution in [0, 0.1) is 5.82 Å². The van der Waals surface area contributed by atoms with Crippen LogP contribution in [0.1, 0.15) is 18.4 Å². The number of hydrogen-bond acceptors (Lipinski definition) is 7. The van der Waals surface area contributed by atoms with Crippen molar-refractivity contribution in [1.82, 2.24) is 14.9 Å². The second kappa shape index (κ2) is 9.40. The lowest BCUT2D eigenvalue weighted by Crippen LogP contribution is -2.44. The molecule has 2 aromatic rings. The van der Waals surface area contributed by atoms with Gasteiger partial charge in [-0.15, -0.1) is 10.2 Å². The van der Waals surface area contributed by atoms with Gasteiger partial charge in [0.25, 0.3) is 0 Å². The predicted molar refractivity (Wildman–Crippen MR) is 101 cm³/mol. The highest BCUT2D eigenvalue weighted by Crippen LogP contribution is 2.18. The molecule has 1 atom stereocenters. The van der Waals surface area contributed by atoms with Crippen molar-refractivity contribution in [2.24, 2.45) is 0 Å². The first-order valence-electron chi connectivity index (χ1n) is 7.76. The average molecular weight is 419 g/mol. The van der Waals surface area contributed by atoms with Gasteiger partial charge in [0.1, 0.15) is 21.8 Å². The number of aromatic nitrogens is 2. The van der Waals surface area contributed by atoms with Crippen molar-refractivity contribution in [3.63, 3.8) is 0 Å². The van der Waals surface area contributed by atoms with E-state index in [1.54, 1.807) is 0 Å². The molecule has 1 aromatic carbocycles. The molecule has 1 aromatic heterocycles. The van der Waals surface area contributed by atoms with Crippen molar-refractivity contribution in [3.05, 3.63) is 35.1 Å². The number of carbonyl (C=O) groups is 1. The Morgan fingerprint density at radius 1 is 1.35 bits per heavy atom. The van der Waals surface area contributed by atoms with Crippen LogP contribution in [0.3, 0.4) is 0 Å². The summed E-state index contributed by atoms with van der Waals surface area (Å²) in [5, 5.41) is 11.4. The summed E-state index contributed by atoms with van der Waals surface area (Å²) in [4.78, 5) is 12.0.